The Bertz CT molecular complexity index is 763. The van der Waals surface area contributed by atoms with Crippen molar-refractivity contribution in [1.82, 2.24) is 20.4 Å². The van der Waals surface area contributed by atoms with Crippen molar-refractivity contribution >= 4 is 17.7 Å². The van der Waals surface area contributed by atoms with Gasteiger partial charge in [0.1, 0.15) is 6.04 Å². The predicted octanol–water partition coefficient (Wildman–Crippen LogP) is 0.241. The van der Waals surface area contributed by atoms with Crippen LogP contribution >= 0.6 is 0 Å². The van der Waals surface area contributed by atoms with Crippen LogP contribution in [-0.4, -0.2) is 59.2 Å². The summed E-state index contributed by atoms with van der Waals surface area (Å²) in [5.74, 6) is -0.739. The van der Waals surface area contributed by atoms with Crippen LogP contribution in [0.1, 0.15) is 41.3 Å². The van der Waals surface area contributed by atoms with Crippen LogP contribution in [0.15, 0.2) is 18.2 Å². The van der Waals surface area contributed by atoms with Crippen LogP contribution < -0.4 is 10.6 Å². The van der Waals surface area contributed by atoms with Crippen LogP contribution in [0, 0.1) is 0 Å². The van der Waals surface area contributed by atoms with Crippen molar-refractivity contribution in [3.8, 4) is 0 Å². The number of carbonyl (C=O) groups is 3. The summed E-state index contributed by atoms with van der Waals surface area (Å²) in [6.07, 6.45) is 0.679. The van der Waals surface area contributed by atoms with Gasteiger partial charge in [0.15, 0.2) is 0 Å². The Hall–Kier alpha value is -2.25. The minimum absolute atomic E-state index is 0.114. The highest BCUT2D eigenvalue weighted by Gasteiger charge is 2.39. The molecular weight excluding hydrogens is 332 g/mol. The molecule has 2 unspecified atom stereocenters. The molecule has 3 aliphatic rings. The number of carbonyl (C=O) groups excluding carboxylic acids is 3. The Morgan fingerprint density at radius 2 is 2.08 bits per heavy atom. The lowest BCUT2D eigenvalue weighted by Gasteiger charge is -2.34. The largest absolute Gasteiger partial charge is 0.322 e. The third-order valence-electron chi connectivity index (χ3n) is 5.61. The predicted molar refractivity (Wildman–Crippen MR) is 95.2 cm³/mol. The standard InChI is InChI=1S/C19H24N4O3/c1-12-9-20-6-7-22(12)10-13-2-3-15-14(8-13)11-23(19(15)26)16-4-5-17(24)21-18(16)25/h2-3,8,12,16,20H,4-7,9-11H2,1H3,(H,21,24,25). The van der Waals surface area contributed by atoms with Crippen molar-refractivity contribution < 1.29 is 14.4 Å². The number of nitrogens with zero attached hydrogens (tertiary/aromatic N) is 2. The monoisotopic (exact) mass is 356 g/mol. The summed E-state index contributed by atoms with van der Waals surface area (Å²) >= 11 is 0. The lowest BCUT2D eigenvalue weighted by atomic mass is 10.0. The van der Waals surface area contributed by atoms with Gasteiger partial charge in [-0.1, -0.05) is 12.1 Å². The van der Waals surface area contributed by atoms with Crippen molar-refractivity contribution in [2.75, 3.05) is 19.6 Å². The van der Waals surface area contributed by atoms with E-state index in [2.05, 4.69) is 28.5 Å². The van der Waals surface area contributed by atoms with Crippen molar-refractivity contribution in [3.05, 3.63) is 34.9 Å². The van der Waals surface area contributed by atoms with Crippen LogP contribution in [0.2, 0.25) is 0 Å². The SMILES string of the molecule is CC1CNCCN1Cc1ccc2c(c1)CN(C1CCC(=O)NC1=O)C2=O. The summed E-state index contributed by atoms with van der Waals surface area (Å²) in [5, 5.41) is 5.73. The number of piperazine rings is 1. The van der Waals surface area contributed by atoms with E-state index >= 15 is 0 Å². The average Bonchev–Trinajstić information content (AvgIpc) is 2.93. The molecule has 1 aromatic rings. The number of hydrogen-bond acceptors (Lipinski definition) is 5. The number of rotatable bonds is 3. The molecule has 7 nitrogen and oxygen atoms in total. The molecule has 0 radical (unpaired) electrons. The summed E-state index contributed by atoms with van der Waals surface area (Å²) < 4.78 is 0. The molecule has 1 aromatic carbocycles. The van der Waals surface area contributed by atoms with Crippen LogP contribution in [0.4, 0.5) is 0 Å². The van der Waals surface area contributed by atoms with E-state index in [-0.39, 0.29) is 24.1 Å². The summed E-state index contributed by atoms with van der Waals surface area (Å²) in [5.41, 5.74) is 2.84. The molecule has 2 fully saturated rings. The maximum absolute atomic E-state index is 12.7. The van der Waals surface area contributed by atoms with Gasteiger partial charge >= 0.3 is 0 Å². The van der Waals surface area contributed by atoms with Crippen LogP contribution in [0.5, 0.6) is 0 Å². The zero-order valence-electron chi connectivity index (χ0n) is 15.0. The first-order chi connectivity index (χ1) is 12.5. The van der Waals surface area contributed by atoms with Gasteiger partial charge in [0.05, 0.1) is 0 Å². The van der Waals surface area contributed by atoms with Gasteiger partial charge in [0.25, 0.3) is 5.91 Å². The fourth-order valence-corrected chi connectivity index (χ4v) is 4.08. The number of imide groups is 1. The molecule has 0 bridgehead atoms. The Kier molecular flexibility index (Phi) is 4.50. The summed E-state index contributed by atoms with van der Waals surface area (Å²) in [6.45, 7) is 6.52. The Balaban J connectivity index is 1.49. The maximum atomic E-state index is 12.7. The topological polar surface area (TPSA) is 81.8 Å². The van der Waals surface area contributed by atoms with Gasteiger partial charge in [-0.15, -0.1) is 0 Å². The second-order valence-corrected chi connectivity index (χ2v) is 7.42. The summed E-state index contributed by atoms with van der Waals surface area (Å²) in [4.78, 5) is 40.2. The van der Waals surface area contributed by atoms with Crippen molar-refractivity contribution in [2.24, 2.45) is 0 Å². The Morgan fingerprint density at radius 1 is 1.23 bits per heavy atom. The van der Waals surface area contributed by atoms with Gasteiger partial charge in [0, 0.05) is 50.7 Å². The third-order valence-corrected chi connectivity index (χ3v) is 5.61. The van der Waals surface area contributed by atoms with Crippen LogP contribution in [0.3, 0.4) is 0 Å². The number of hydrogen-bond donors (Lipinski definition) is 2. The fourth-order valence-electron chi connectivity index (χ4n) is 4.08. The highest BCUT2D eigenvalue weighted by atomic mass is 16.2. The lowest BCUT2D eigenvalue weighted by molar-refractivity contribution is -0.136. The number of fused-ring (bicyclic) bond motifs is 1. The molecule has 2 saturated heterocycles. The second kappa shape index (κ2) is 6.81. The lowest BCUT2D eigenvalue weighted by Crippen LogP contribution is -2.52. The van der Waals surface area contributed by atoms with Gasteiger partial charge in [-0.25, -0.2) is 0 Å². The number of nitrogens with one attached hydrogen (secondary N) is 2. The average molecular weight is 356 g/mol. The molecule has 0 aliphatic carbocycles. The molecule has 138 valence electrons. The highest BCUT2D eigenvalue weighted by molar-refractivity contribution is 6.05. The molecule has 0 saturated carbocycles. The number of amides is 3. The normalized spacial score (nSPS) is 26.8. The number of piperidine rings is 1. The van der Waals surface area contributed by atoms with E-state index in [1.807, 2.05) is 12.1 Å². The van der Waals surface area contributed by atoms with E-state index in [0.29, 0.717) is 24.6 Å². The van der Waals surface area contributed by atoms with Crippen molar-refractivity contribution in [2.45, 2.75) is 44.9 Å². The van der Waals surface area contributed by atoms with E-state index < -0.39 is 6.04 Å². The van der Waals surface area contributed by atoms with Gasteiger partial charge < -0.3 is 10.2 Å². The first-order valence-electron chi connectivity index (χ1n) is 9.24. The van der Waals surface area contributed by atoms with E-state index in [4.69, 9.17) is 0 Å². The molecular formula is C19H24N4O3. The van der Waals surface area contributed by atoms with E-state index in [1.165, 1.54) is 5.56 Å². The van der Waals surface area contributed by atoms with Gasteiger partial charge in [0.2, 0.25) is 11.8 Å². The van der Waals surface area contributed by atoms with Crippen LogP contribution in [-0.2, 0) is 22.7 Å². The molecule has 3 amide bonds. The summed E-state index contributed by atoms with van der Waals surface area (Å²) in [6, 6.07) is 5.92. The Labute approximate surface area is 152 Å². The van der Waals surface area contributed by atoms with Crippen LogP contribution in [0.25, 0.3) is 0 Å². The zero-order chi connectivity index (χ0) is 18.3. The number of benzene rings is 1. The molecule has 2 atom stereocenters. The Morgan fingerprint density at radius 3 is 2.85 bits per heavy atom. The molecule has 3 heterocycles. The smallest absolute Gasteiger partial charge is 0.255 e. The molecule has 0 aromatic heterocycles. The molecule has 0 spiro atoms. The first kappa shape index (κ1) is 17.2. The highest BCUT2D eigenvalue weighted by Crippen LogP contribution is 2.28. The summed E-state index contributed by atoms with van der Waals surface area (Å²) in [7, 11) is 0. The fraction of sp³-hybridized carbons (Fsp3) is 0.526. The molecule has 4 rings (SSSR count). The molecule has 7 heteroatoms. The second-order valence-electron chi connectivity index (χ2n) is 7.42. The third kappa shape index (κ3) is 3.12. The van der Waals surface area contributed by atoms with Crippen molar-refractivity contribution in [3.63, 3.8) is 0 Å². The minimum atomic E-state index is -0.552. The quantitative estimate of drug-likeness (QED) is 0.759. The van der Waals surface area contributed by atoms with E-state index in [1.54, 1.807) is 4.90 Å². The molecule has 3 aliphatic heterocycles. The van der Waals surface area contributed by atoms with E-state index in [9.17, 15) is 14.4 Å². The first-order valence-corrected chi connectivity index (χ1v) is 9.24. The molecule has 2 N–H and O–H groups in total. The van der Waals surface area contributed by atoms with Crippen molar-refractivity contribution in [1.29, 1.82) is 0 Å². The van der Waals surface area contributed by atoms with E-state index in [0.717, 1.165) is 31.7 Å². The minimum Gasteiger partial charge on any atom is -0.322 e. The van der Waals surface area contributed by atoms with Gasteiger partial charge in [-0.2, -0.15) is 0 Å². The maximum Gasteiger partial charge on any atom is 0.255 e. The van der Waals surface area contributed by atoms with Gasteiger partial charge in [-0.3, -0.25) is 24.6 Å². The molecule has 26 heavy (non-hydrogen) atoms. The van der Waals surface area contributed by atoms with Gasteiger partial charge in [-0.05, 0) is 30.5 Å². The zero-order valence-corrected chi connectivity index (χ0v) is 15.0.